The Balaban J connectivity index is 1.49. The quantitative estimate of drug-likeness (QED) is 0.661. The summed E-state index contributed by atoms with van der Waals surface area (Å²) in [6.45, 7) is 0. The second-order valence-electron chi connectivity index (χ2n) is 7.21. The van der Waals surface area contributed by atoms with Gasteiger partial charge >= 0.3 is 0 Å². The summed E-state index contributed by atoms with van der Waals surface area (Å²) in [6, 6.07) is 1.62. The zero-order valence-corrected chi connectivity index (χ0v) is 12.5. The maximum Gasteiger partial charge on any atom is 0.191 e. The van der Waals surface area contributed by atoms with Crippen molar-refractivity contribution in [2.75, 3.05) is 17.2 Å². The van der Waals surface area contributed by atoms with E-state index in [0.717, 1.165) is 28.7 Å². The second-order valence-corrected chi connectivity index (χ2v) is 8.15. The largest absolute Gasteiger partial charge is 0.383 e. The monoisotopic (exact) mass is 290 g/mol. The van der Waals surface area contributed by atoms with E-state index in [1.807, 2.05) is 0 Å². The first kappa shape index (κ1) is 12.7. The maximum atomic E-state index is 5.75. The molecule has 0 radical (unpaired) electrons. The zero-order valence-electron chi connectivity index (χ0n) is 11.7. The number of hydrogen-bond donors (Lipinski definition) is 2. The van der Waals surface area contributed by atoms with Gasteiger partial charge in [-0.3, -0.25) is 0 Å². The van der Waals surface area contributed by atoms with Gasteiger partial charge in [0.1, 0.15) is 11.6 Å². The second kappa shape index (κ2) is 4.52. The highest BCUT2D eigenvalue weighted by Gasteiger charge is 2.50. The van der Waals surface area contributed by atoms with Crippen LogP contribution in [0.15, 0.2) is 11.2 Å². The van der Waals surface area contributed by atoms with E-state index < -0.39 is 0 Å². The Morgan fingerprint density at radius 1 is 1.00 bits per heavy atom. The Hall–Kier alpha value is -0.970. The van der Waals surface area contributed by atoms with E-state index in [9.17, 15) is 0 Å². The smallest absolute Gasteiger partial charge is 0.191 e. The number of aromatic nitrogens is 2. The van der Waals surface area contributed by atoms with Gasteiger partial charge in [-0.15, -0.1) is 0 Å². The van der Waals surface area contributed by atoms with Gasteiger partial charge in [0, 0.05) is 11.8 Å². The van der Waals surface area contributed by atoms with Gasteiger partial charge in [-0.25, -0.2) is 9.97 Å². The molecule has 4 nitrogen and oxygen atoms in total. The van der Waals surface area contributed by atoms with Crippen LogP contribution >= 0.6 is 11.8 Å². The van der Waals surface area contributed by atoms with Gasteiger partial charge in [-0.2, -0.15) is 0 Å². The fourth-order valence-electron chi connectivity index (χ4n) is 5.21. The van der Waals surface area contributed by atoms with Crippen LogP contribution < -0.4 is 11.5 Å². The van der Waals surface area contributed by atoms with Crippen LogP contribution in [0, 0.1) is 23.2 Å². The highest BCUT2D eigenvalue weighted by atomic mass is 32.2. The summed E-state index contributed by atoms with van der Waals surface area (Å²) in [5.74, 6) is 5.08. The van der Waals surface area contributed by atoms with Crippen molar-refractivity contribution in [3.05, 3.63) is 6.07 Å². The number of thioether (sulfide) groups is 1. The Morgan fingerprint density at radius 3 is 2.00 bits per heavy atom. The van der Waals surface area contributed by atoms with Crippen LogP contribution in [0.3, 0.4) is 0 Å². The van der Waals surface area contributed by atoms with Gasteiger partial charge in [-0.1, -0.05) is 11.8 Å². The SMILES string of the molecule is Nc1cc(N)nc(SCC23CC4CC(CC(C4)C2)C3)n1. The van der Waals surface area contributed by atoms with Crippen LogP contribution in [0.4, 0.5) is 11.6 Å². The number of nitrogens with two attached hydrogens (primary N) is 2. The van der Waals surface area contributed by atoms with Gasteiger partial charge in [0.15, 0.2) is 5.16 Å². The molecule has 0 unspecified atom stereocenters. The van der Waals surface area contributed by atoms with Crippen LogP contribution in [0.1, 0.15) is 38.5 Å². The molecule has 5 heteroatoms. The molecule has 0 amide bonds. The Kier molecular flexibility index (Phi) is 2.88. The van der Waals surface area contributed by atoms with Crippen molar-refractivity contribution >= 4 is 23.4 Å². The van der Waals surface area contributed by atoms with Gasteiger partial charge in [0.2, 0.25) is 0 Å². The molecule has 4 fully saturated rings. The summed E-state index contributed by atoms with van der Waals surface area (Å²) >= 11 is 1.75. The van der Waals surface area contributed by atoms with E-state index in [4.69, 9.17) is 11.5 Å². The standard InChI is InChI=1S/C15H22N4S/c16-12-4-13(17)19-14(18-12)20-8-15-5-9-1-10(6-15)3-11(2-9)7-15/h4,9-11H,1-3,5-8H2,(H4,16,17,18,19). The van der Waals surface area contributed by atoms with E-state index in [2.05, 4.69) is 9.97 Å². The number of nitrogen functional groups attached to an aromatic ring is 2. The summed E-state index contributed by atoms with van der Waals surface area (Å²) < 4.78 is 0. The van der Waals surface area contributed by atoms with Crippen molar-refractivity contribution in [3.63, 3.8) is 0 Å². The number of nitrogens with zero attached hydrogens (tertiary/aromatic N) is 2. The van der Waals surface area contributed by atoms with E-state index in [1.165, 1.54) is 38.5 Å². The number of rotatable bonds is 3. The Labute approximate surface area is 124 Å². The average Bonchev–Trinajstić information content (AvgIpc) is 2.34. The molecule has 0 saturated heterocycles. The molecule has 0 atom stereocenters. The van der Waals surface area contributed by atoms with Crippen molar-refractivity contribution in [1.82, 2.24) is 9.97 Å². The van der Waals surface area contributed by atoms with Crippen LogP contribution in [0.2, 0.25) is 0 Å². The van der Waals surface area contributed by atoms with Gasteiger partial charge in [-0.05, 0) is 61.7 Å². The molecule has 1 aromatic rings. The van der Waals surface area contributed by atoms with Crippen LogP contribution in [-0.2, 0) is 0 Å². The topological polar surface area (TPSA) is 77.8 Å². The summed E-state index contributed by atoms with van der Waals surface area (Å²) in [6.07, 6.45) is 8.74. The van der Waals surface area contributed by atoms with Crippen molar-refractivity contribution in [3.8, 4) is 0 Å². The molecular weight excluding hydrogens is 268 g/mol. The third-order valence-electron chi connectivity index (χ3n) is 5.42. The third kappa shape index (κ3) is 2.26. The molecule has 4 bridgehead atoms. The molecule has 0 aliphatic heterocycles. The molecule has 4 N–H and O–H groups in total. The van der Waals surface area contributed by atoms with Crippen LogP contribution in [0.5, 0.6) is 0 Å². The summed E-state index contributed by atoms with van der Waals surface area (Å²) in [4.78, 5) is 8.60. The molecule has 108 valence electrons. The van der Waals surface area contributed by atoms with E-state index in [-0.39, 0.29) is 0 Å². The summed E-state index contributed by atoms with van der Waals surface area (Å²) in [5.41, 5.74) is 12.0. The Bertz CT molecular complexity index is 475. The maximum absolute atomic E-state index is 5.75. The number of anilines is 2. The molecule has 4 aliphatic rings. The van der Waals surface area contributed by atoms with Crippen LogP contribution in [0.25, 0.3) is 0 Å². The molecule has 5 rings (SSSR count). The predicted octanol–water partition coefficient (Wildman–Crippen LogP) is 2.95. The van der Waals surface area contributed by atoms with Crippen molar-refractivity contribution in [2.24, 2.45) is 23.2 Å². The zero-order chi connectivity index (χ0) is 13.7. The first-order valence-corrected chi connectivity index (χ1v) is 8.62. The van der Waals surface area contributed by atoms with Crippen molar-refractivity contribution in [2.45, 2.75) is 43.7 Å². The minimum atomic E-state index is 0.477. The van der Waals surface area contributed by atoms with Gasteiger partial charge in [0.25, 0.3) is 0 Å². The highest BCUT2D eigenvalue weighted by molar-refractivity contribution is 7.99. The summed E-state index contributed by atoms with van der Waals surface area (Å²) in [7, 11) is 0. The lowest BCUT2D eigenvalue weighted by molar-refractivity contribution is -0.0381. The minimum Gasteiger partial charge on any atom is -0.383 e. The van der Waals surface area contributed by atoms with Crippen LogP contribution in [-0.4, -0.2) is 15.7 Å². The average molecular weight is 290 g/mol. The first-order valence-electron chi connectivity index (χ1n) is 7.63. The van der Waals surface area contributed by atoms with E-state index in [0.29, 0.717) is 17.1 Å². The molecule has 1 aromatic heterocycles. The highest BCUT2D eigenvalue weighted by Crippen LogP contribution is 2.61. The minimum absolute atomic E-state index is 0.477. The lowest BCUT2D eigenvalue weighted by Gasteiger charge is -2.56. The molecule has 1 heterocycles. The lowest BCUT2D eigenvalue weighted by Crippen LogP contribution is -2.47. The van der Waals surface area contributed by atoms with Crippen molar-refractivity contribution in [1.29, 1.82) is 0 Å². The molecular formula is C15H22N4S. The fourth-order valence-corrected chi connectivity index (χ4v) is 6.34. The predicted molar refractivity (Wildman–Crippen MR) is 82.2 cm³/mol. The molecule has 0 aromatic carbocycles. The molecule has 0 spiro atoms. The van der Waals surface area contributed by atoms with E-state index in [1.54, 1.807) is 17.8 Å². The van der Waals surface area contributed by atoms with Crippen molar-refractivity contribution < 1.29 is 0 Å². The molecule has 4 aliphatic carbocycles. The lowest BCUT2D eigenvalue weighted by atomic mass is 9.50. The van der Waals surface area contributed by atoms with Gasteiger partial charge in [0.05, 0.1) is 0 Å². The Morgan fingerprint density at radius 2 is 1.50 bits per heavy atom. The normalized spacial score (nSPS) is 38.3. The molecule has 4 saturated carbocycles. The van der Waals surface area contributed by atoms with E-state index >= 15 is 0 Å². The first-order chi connectivity index (χ1) is 9.60. The third-order valence-corrected chi connectivity index (χ3v) is 6.62. The summed E-state index contributed by atoms with van der Waals surface area (Å²) in [5, 5.41) is 0.748. The number of hydrogen-bond acceptors (Lipinski definition) is 5. The fraction of sp³-hybridized carbons (Fsp3) is 0.733. The van der Waals surface area contributed by atoms with Gasteiger partial charge < -0.3 is 11.5 Å². The molecule has 20 heavy (non-hydrogen) atoms.